The summed E-state index contributed by atoms with van der Waals surface area (Å²) in [6.07, 6.45) is 2.01. The lowest BCUT2D eigenvalue weighted by atomic mass is 10.1. The van der Waals surface area contributed by atoms with Gasteiger partial charge in [0.05, 0.1) is 10.0 Å². The number of hydrogen-bond acceptors (Lipinski definition) is 2. The van der Waals surface area contributed by atoms with Crippen LogP contribution in [0.1, 0.15) is 11.1 Å². The summed E-state index contributed by atoms with van der Waals surface area (Å²) in [4.78, 5) is 0.296. The van der Waals surface area contributed by atoms with Gasteiger partial charge in [0, 0.05) is 23.8 Å². The third-order valence-corrected chi connectivity index (χ3v) is 4.54. The van der Waals surface area contributed by atoms with Crippen LogP contribution >= 0.6 is 35.4 Å². The van der Waals surface area contributed by atoms with Crippen molar-refractivity contribution in [3.63, 3.8) is 0 Å². The topological polar surface area (TPSA) is 37.2 Å². The Bertz CT molecular complexity index is 860. The van der Waals surface area contributed by atoms with Crippen LogP contribution in [0.15, 0.2) is 48.7 Å². The third kappa shape index (κ3) is 2.96. The summed E-state index contributed by atoms with van der Waals surface area (Å²) in [6.45, 7) is 0.670. The molecule has 1 heterocycles. The fourth-order valence-corrected chi connectivity index (χ4v) is 2.81. The van der Waals surface area contributed by atoms with Crippen molar-refractivity contribution >= 4 is 51.3 Å². The number of benzene rings is 2. The Kier molecular flexibility index (Phi) is 4.36. The van der Waals surface area contributed by atoms with E-state index in [0.717, 1.165) is 22.0 Å². The lowest BCUT2D eigenvalue weighted by molar-refractivity contribution is 0.238. The second-order valence-electron chi connectivity index (χ2n) is 4.91. The molecule has 6 heteroatoms. The van der Waals surface area contributed by atoms with E-state index in [1.54, 1.807) is 6.07 Å². The monoisotopic (exact) mass is 350 g/mol. The van der Waals surface area contributed by atoms with E-state index in [9.17, 15) is 0 Å². The third-order valence-electron chi connectivity index (χ3n) is 3.47. The van der Waals surface area contributed by atoms with Crippen molar-refractivity contribution in [2.45, 2.75) is 6.54 Å². The standard InChI is InChI=1S/C16H12Cl2N2OS/c17-13-4-1-10(7-14(13)18)9-20-6-5-11-2-3-12(8-15(11)20)16(22)19-21/h1-8,21H,9H2,(H,19,22). The van der Waals surface area contributed by atoms with E-state index >= 15 is 0 Å². The molecule has 2 aromatic carbocycles. The largest absolute Gasteiger partial charge is 0.343 e. The number of hydrogen-bond donors (Lipinski definition) is 2. The van der Waals surface area contributed by atoms with Crippen molar-refractivity contribution < 1.29 is 5.21 Å². The lowest BCUT2D eigenvalue weighted by Gasteiger charge is -2.08. The number of halogens is 2. The maximum absolute atomic E-state index is 8.95. The average Bonchev–Trinajstić information content (AvgIpc) is 2.92. The van der Waals surface area contributed by atoms with Crippen LogP contribution in [0.3, 0.4) is 0 Å². The van der Waals surface area contributed by atoms with E-state index in [-0.39, 0.29) is 0 Å². The number of fused-ring (bicyclic) bond motifs is 1. The molecule has 0 radical (unpaired) electrons. The van der Waals surface area contributed by atoms with Crippen LogP contribution in [-0.2, 0) is 6.54 Å². The first kappa shape index (κ1) is 15.3. The molecular weight excluding hydrogens is 339 g/mol. The van der Waals surface area contributed by atoms with Crippen molar-refractivity contribution in [1.82, 2.24) is 10.0 Å². The smallest absolute Gasteiger partial charge is 0.130 e. The van der Waals surface area contributed by atoms with Crippen LogP contribution in [0.25, 0.3) is 10.9 Å². The zero-order chi connectivity index (χ0) is 15.7. The summed E-state index contributed by atoms with van der Waals surface area (Å²) in [5.41, 5.74) is 4.86. The first-order valence-corrected chi connectivity index (χ1v) is 7.72. The molecule has 2 N–H and O–H groups in total. The molecule has 0 fully saturated rings. The summed E-state index contributed by atoms with van der Waals surface area (Å²) in [5.74, 6) is 0. The van der Waals surface area contributed by atoms with Gasteiger partial charge in [-0.1, -0.05) is 53.6 Å². The highest BCUT2D eigenvalue weighted by molar-refractivity contribution is 7.80. The summed E-state index contributed by atoms with van der Waals surface area (Å²) in [7, 11) is 0. The van der Waals surface area contributed by atoms with Gasteiger partial charge in [-0.15, -0.1) is 0 Å². The Balaban J connectivity index is 1.99. The number of aromatic nitrogens is 1. The molecule has 3 nitrogen and oxygen atoms in total. The van der Waals surface area contributed by atoms with Gasteiger partial charge in [0.2, 0.25) is 0 Å². The Morgan fingerprint density at radius 3 is 2.64 bits per heavy atom. The van der Waals surface area contributed by atoms with Crippen molar-refractivity contribution in [3.05, 3.63) is 69.8 Å². The minimum absolute atomic E-state index is 0.296. The quantitative estimate of drug-likeness (QED) is 0.533. The molecule has 0 aliphatic rings. The highest BCUT2D eigenvalue weighted by atomic mass is 35.5. The number of nitrogens with zero attached hydrogens (tertiary/aromatic N) is 1. The SMILES string of the molecule is ONC(=S)c1ccc2ccn(Cc3ccc(Cl)c(Cl)c3)c2c1. The maximum Gasteiger partial charge on any atom is 0.130 e. The second-order valence-corrected chi connectivity index (χ2v) is 6.13. The predicted octanol–water partition coefficient (Wildman–Crippen LogP) is 4.65. The van der Waals surface area contributed by atoms with Crippen LogP contribution in [-0.4, -0.2) is 14.8 Å². The molecule has 0 aliphatic carbocycles. The predicted molar refractivity (Wildman–Crippen MR) is 94.1 cm³/mol. The molecular formula is C16H12Cl2N2OS. The molecule has 0 saturated carbocycles. The van der Waals surface area contributed by atoms with Crippen molar-refractivity contribution in [2.75, 3.05) is 0 Å². The molecule has 0 atom stereocenters. The highest BCUT2D eigenvalue weighted by Crippen LogP contribution is 2.24. The van der Waals surface area contributed by atoms with Gasteiger partial charge >= 0.3 is 0 Å². The van der Waals surface area contributed by atoms with Crippen LogP contribution in [0.5, 0.6) is 0 Å². The highest BCUT2D eigenvalue weighted by Gasteiger charge is 2.07. The molecule has 112 valence electrons. The minimum atomic E-state index is 0.296. The Hall–Kier alpha value is -1.59. The van der Waals surface area contributed by atoms with Crippen molar-refractivity contribution in [2.24, 2.45) is 0 Å². The van der Waals surface area contributed by atoms with E-state index in [0.29, 0.717) is 21.6 Å². The van der Waals surface area contributed by atoms with Gasteiger partial charge in [0.15, 0.2) is 0 Å². The van der Waals surface area contributed by atoms with E-state index < -0.39 is 0 Å². The molecule has 3 aromatic rings. The van der Waals surface area contributed by atoms with Crippen molar-refractivity contribution in [3.8, 4) is 0 Å². The molecule has 0 unspecified atom stereocenters. The van der Waals surface area contributed by atoms with E-state index in [1.807, 2.05) is 48.1 Å². The van der Waals surface area contributed by atoms with Gasteiger partial charge in [-0.3, -0.25) is 10.7 Å². The minimum Gasteiger partial charge on any atom is -0.343 e. The van der Waals surface area contributed by atoms with Gasteiger partial charge in [-0.2, -0.15) is 0 Å². The summed E-state index contributed by atoms with van der Waals surface area (Å²) in [5, 5.41) is 11.1. The zero-order valence-corrected chi connectivity index (χ0v) is 13.7. The molecule has 0 aliphatic heterocycles. The van der Waals surface area contributed by atoms with Crippen LogP contribution in [0.4, 0.5) is 0 Å². The zero-order valence-electron chi connectivity index (χ0n) is 11.4. The fraction of sp³-hybridized carbons (Fsp3) is 0.0625. The Morgan fingerprint density at radius 2 is 1.91 bits per heavy atom. The molecule has 0 bridgehead atoms. The first-order valence-electron chi connectivity index (χ1n) is 6.56. The van der Waals surface area contributed by atoms with Gasteiger partial charge in [-0.05, 0) is 35.2 Å². The van der Waals surface area contributed by atoms with E-state index in [2.05, 4.69) is 4.57 Å². The summed E-state index contributed by atoms with van der Waals surface area (Å²) < 4.78 is 2.10. The molecule has 0 saturated heterocycles. The number of rotatable bonds is 3. The molecule has 0 amide bonds. The van der Waals surface area contributed by atoms with Crippen LogP contribution in [0.2, 0.25) is 10.0 Å². The fourth-order valence-electron chi connectivity index (χ4n) is 2.36. The molecule has 1 aromatic heterocycles. The van der Waals surface area contributed by atoms with E-state index in [1.165, 1.54) is 0 Å². The van der Waals surface area contributed by atoms with Crippen molar-refractivity contribution in [1.29, 1.82) is 0 Å². The summed E-state index contributed by atoms with van der Waals surface area (Å²) >= 11 is 17.1. The van der Waals surface area contributed by atoms with Gasteiger partial charge in [0.1, 0.15) is 4.99 Å². The number of thiocarbonyl (C=S) groups is 1. The summed E-state index contributed by atoms with van der Waals surface area (Å²) in [6, 6.07) is 13.4. The lowest BCUT2D eigenvalue weighted by Crippen LogP contribution is -2.17. The van der Waals surface area contributed by atoms with E-state index in [4.69, 9.17) is 40.6 Å². The van der Waals surface area contributed by atoms with Gasteiger partial charge in [0.25, 0.3) is 0 Å². The number of hydroxylamine groups is 1. The first-order chi connectivity index (χ1) is 10.6. The molecule has 22 heavy (non-hydrogen) atoms. The maximum atomic E-state index is 8.95. The Labute approximate surface area is 143 Å². The van der Waals surface area contributed by atoms with Gasteiger partial charge in [-0.25, -0.2) is 0 Å². The molecule has 0 spiro atoms. The van der Waals surface area contributed by atoms with Crippen LogP contribution < -0.4 is 5.48 Å². The van der Waals surface area contributed by atoms with Crippen LogP contribution in [0, 0.1) is 0 Å². The normalized spacial score (nSPS) is 10.9. The second kappa shape index (κ2) is 6.26. The number of nitrogens with one attached hydrogen (secondary N) is 1. The average molecular weight is 351 g/mol. The molecule has 3 rings (SSSR count). The van der Waals surface area contributed by atoms with Gasteiger partial charge < -0.3 is 4.57 Å². The Morgan fingerprint density at radius 1 is 1.09 bits per heavy atom.